The van der Waals surface area contributed by atoms with Gasteiger partial charge in [0, 0.05) is 36.8 Å². The summed E-state index contributed by atoms with van der Waals surface area (Å²) in [6.45, 7) is 2.67. The minimum absolute atomic E-state index is 0.174. The third-order valence-corrected chi connectivity index (χ3v) is 4.99. The zero-order valence-electron chi connectivity index (χ0n) is 12.7. The molecule has 1 amide bonds. The largest absolute Gasteiger partial charge is 0.382 e. The smallest absolute Gasteiger partial charge is 0.276 e. The highest BCUT2D eigenvalue weighted by atomic mass is 32.1. The van der Waals surface area contributed by atoms with Crippen LogP contribution in [0.2, 0.25) is 0 Å². The predicted molar refractivity (Wildman–Crippen MR) is 85.9 cm³/mol. The summed E-state index contributed by atoms with van der Waals surface area (Å²) >= 11 is 1.77. The fourth-order valence-corrected chi connectivity index (χ4v) is 3.98. The summed E-state index contributed by atoms with van der Waals surface area (Å²) in [7, 11) is 1.78. The van der Waals surface area contributed by atoms with E-state index in [0.717, 1.165) is 24.3 Å². The van der Waals surface area contributed by atoms with Crippen LogP contribution in [0.5, 0.6) is 0 Å². The van der Waals surface area contributed by atoms with Gasteiger partial charge in [0.15, 0.2) is 11.5 Å². The number of amides is 1. The van der Waals surface area contributed by atoms with E-state index < -0.39 is 0 Å². The second-order valence-corrected chi connectivity index (χ2v) is 6.89. The van der Waals surface area contributed by atoms with Gasteiger partial charge in [0.05, 0.1) is 10.7 Å². The van der Waals surface area contributed by atoms with Crippen molar-refractivity contribution in [2.45, 2.75) is 32.1 Å². The third-order valence-electron chi connectivity index (χ3n) is 3.95. The van der Waals surface area contributed by atoms with Crippen molar-refractivity contribution in [3.05, 3.63) is 33.7 Å². The molecule has 0 radical (unpaired) electrons. The number of hydrogen-bond acceptors (Lipinski definition) is 6. The zero-order chi connectivity index (χ0) is 15.7. The Bertz CT molecular complexity index is 699. The van der Waals surface area contributed by atoms with Crippen LogP contribution in [0.3, 0.4) is 0 Å². The van der Waals surface area contributed by atoms with E-state index in [9.17, 15) is 4.79 Å². The Morgan fingerprint density at radius 3 is 3.00 bits per heavy atom. The molecule has 2 N–H and O–H groups in total. The number of nitrogens with two attached hydrogens (primary N) is 1. The molecule has 0 saturated carbocycles. The molecule has 7 heteroatoms. The number of nitrogens with zero attached hydrogens (tertiary/aromatic N) is 4. The maximum atomic E-state index is 12.5. The Morgan fingerprint density at radius 2 is 2.23 bits per heavy atom. The average Bonchev–Trinajstić information content (AvgIpc) is 2.88. The number of thiazole rings is 1. The molecule has 0 bridgehead atoms. The number of nitrogen functional groups attached to an aromatic ring is 1. The van der Waals surface area contributed by atoms with E-state index in [1.54, 1.807) is 23.3 Å². The lowest BCUT2D eigenvalue weighted by atomic mass is 9.90. The molecule has 0 unspecified atom stereocenters. The van der Waals surface area contributed by atoms with Crippen molar-refractivity contribution in [3.8, 4) is 0 Å². The van der Waals surface area contributed by atoms with Crippen molar-refractivity contribution in [1.82, 2.24) is 19.9 Å². The van der Waals surface area contributed by atoms with Crippen LogP contribution in [-0.4, -0.2) is 39.4 Å². The van der Waals surface area contributed by atoms with Gasteiger partial charge >= 0.3 is 0 Å². The number of likely N-dealkylation sites (N-methyl/N-ethyl adjacent to an activating group) is 1. The van der Waals surface area contributed by atoms with Crippen LogP contribution in [0.25, 0.3) is 0 Å². The van der Waals surface area contributed by atoms with Crippen LogP contribution in [0, 0.1) is 6.92 Å². The van der Waals surface area contributed by atoms with E-state index in [1.165, 1.54) is 23.0 Å². The molecule has 116 valence electrons. The Kier molecular flexibility index (Phi) is 4.06. The van der Waals surface area contributed by atoms with Crippen molar-refractivity contribution in [2.75, 3.05) is 19.3 Å². The summed E-state index contributed by atoms with van der Waals surface area (Å²) in [5, 5.41) is 1.10. The van der Waals surface area contributed by atoms with E-state index in [-0.39, 0.29) is 17.4 Å². The number of hydrogen-bond donors (Lipinski definition) is 1. The van der Waals surface area contributed by atoms with Crippen LogP contribution >= 0.6 is 11.3 Å². The van der Waals surface area contributed by atoms with Gasteiger partial charge in [0.1, 0.15) is 0 Å². The van der Waals surface area contributed by atoms with Gasteiger partial charge in [-0.05, 0) is 26.2 Å². The number of fused-ring (bicyclic) bond motifs is 1. The number of anilines is 1. The first-order chi connectivity index (χ1) is 10.6. The van der Waals surface area contributed by atoms with Crippen molar-refractivity contribution in [1.29, 1.82) is 0 Å². The van der Waals surface area contributed by atoms with Gasteiger partial charge in [-0.2, -0.15) is 0 Å². The minimum atomic E-state index is -0.190. The van der Waals surface area contributed by atoms with E-state index in [2.05, 4.69) is 15.0 Å². The first-order valence-corrected chi connectivity index (χ1v) is 8.16. The van der Waals surface area contributed by atoms with Gasteiger partial charge in [-0.1, -0.05) is 0 Å². The van der Waals surface area contributed by atoms with Gasteiger partial charge in [0.25, 0.3) is 5.91 Å². The van der Waals surface area contributed by atoms with Gasteiger partial charge in [0.2, 0.25) is 0 Å². The molecule has 1 aliphatic carbocycles. The quantitative estimate of drug-likeness (QED) is 0.936. The average molecular weight is 317 g/mol. The summed E-state index contributed by atoms with van der Waals surface area (Å²) in [5.74, 6) is 0.276. The Hall–Kier alpha value is -2.02. The first kappa shape index (κ1) is 14.9. The normalized spacial score (nSPS) is 17.1. The molecule has 2 heterocycles. The molecule has 0 aliphatic heterocycles. The lowest BCUT2D eigenvalue weighted by Crippen LogP contribution is -2.33. The number of aryl methyl sites for hydroxylation is 2. The standard InChI is InChI=1S/C15H19N5OS/c1-9-19-12-10(4-3-5-11(12)22-9)8-20(2)15(21)13-14(16)18-7-6-17-13/h6-7,10H,3-5,8H2,1-2H3,(H2,16,18)/t10-/m1/s1. The summed E-state index contributed by atoms with van der Waals surface area (Å²) in [6.07, 6.45) is 6.28. The van der Waals surface area contributed by atoms with Gasteiger partial charge in [-0.15, -0.1) is 11.3 Å². The summed E-state index contributed by atoms with van der Waals surface area (Å²) in [6, 6.07) is 0. The van der Waals surface area contributed by atoms with Crippen LogP contribution < -0.4 is 5.73 Å². The van der Waals surface area contributed by atoms with E-state index in [0.29, 0.717) is 12.5 Å². The Labute approximate surface area is 133 Å². The van der Waals surface area contributed by atoms with Gasteiger partial charge in [-0.3, -0.25) is 4.79 Å². The maximum Gasteiger partial charge on any atom is 0.276 e. The van der Waals surface area contributed by atoms with Gasteiger partial charge in [-0.25, -0.2) is 15.0 Å². The lowest BCUT2D eigenvalue weighted by Gasteiger charge is -2.26. The molecule has 1 atom stereocenters. The highest BCUT2D eigenvalue weighted by Crippen LogP contribution is 2.35. The third kappa shape index (κ3) is 2.81. The Balaban J connectivity index is 1.76. The second-order valence-electron chi connectivity index (χ2n) is 5.61. The molecule has 1 aliphatic rings. The number of rotatable bonds is 3. The van der Waals surface area contributed by atoms with Gasteiger partial charge < -0.3 is 10.6 Å². The van der Waals surface area contributed by atoms with Crippen molar-refractivity contribution < 1.29 is 4.79 Å². The highest BCUT2D eigenvalue weighted by Gasteiger charge is 2.27. The topological polar surface area (TPSA) is 85.0 Å². The Morgan fingerprint density at radius 1 is 1.45 bits per heavy atom. The number of carbonyl (C=O) groups excluding carboxylic acids is 1. The monoisotopic (exact) mass is 317 g/mol. The molecule has 22 heavy (non-hydrogen) atoms. The molecular formula is C15H19N5OS. The molecule has 0 fully saturated rings. The maximum absolute atomic E-state index is 12.5. The van der Waals surface area contributed by atoms with Crippen molar-refractivity contribution in [2.24, 2.45) is 0 Å². The van der Waals surface area contributed by atoms with E-state index in [1.807, 2.05) is 6.92 Å². The molecule has 0 aromatic carbocycles. The first-order valence-electron chi connectivity index (χ1n) is 7.34. The van der Waals surface area contributed by atoms with Crippen LogP contribution in [0.15, 0.2) is 12.4 Å². The second kappa shape index (κ2) is 6.00. The molecule has 2 aromatic rings. The van der Waals surface area contributed by atoms with E-state index >= 15 is 0 Å². The van der Waals surface area contributed by atoms with E-state index in [4.69, 9.17) is 5.73 Å². The molecule has 0 spiro atoms. The summed E-state index contributed by atoms with van der Waals surface area (Å²) in [5.41, 5.74) is 7.13. The highest BCUT2D eigenvalue weighted by molar-refractivity contribution is 7.11. The number of aromatic nitrogens is 3. The fourth-order valence-electron chi connectivity index (χ4n) is 2.91. The SMILES string of the molecule is Cc1nc2c(s1)CCC[C@@H]2CN(C)C(=O)c1nccnc1N. The molecule has 2 aromatic heterocycles. The van der Waals surface area contributed by atoms with Crippen molar-refractivity contribution in [3.63, 3.8) is 0 Å². The zero-order valence-corrected chi connectivity index (χ0v) is 13.6. The molecule has 3 rings (SSSR count). The van der Waals surface area contributed by atoms with Crippen LogP contribution in [0.4, 0.5) is 5.82 Å². The summed E-state index contributed by atoms with van der Waals surface area (Å²) in [4.78, 5) is 28.2. The molecule has 0 saturated heterocycles. The van der Waals surface area contributed by atoms with Crippen LogP contribution in [0.1, 0.15) is 44.8 Å². The van der Waals surface area contributed by atoms with Crippen LogP contribution in [-0.2, 0) is 6.42 Å². The summed E-state index contributed by atoms with van der Waals surface area (Å²) < 4.78 is 0. The predicted octanol–water partition coefficient (Wildman–Crippen LogP) is 2.02. The fraction of sp³-hybridized carbons (Fsp3) is 0.467. The minimum Gasteiger partial charge on any atom is -0.382 e. The molecule has 6 nitrogen and oxygen atoms in total. The van der Waals surface area contributed by atoms with Crippen molar-refractivity contribution >= 4 is 23.1 Å². The number of carbonyl (C=O) groups is 1. The lowest BCUT2D eigenvalue weighted by molar-refractivity contribution is 0.0778. The molecular weight excluding hydrogens is 298 g/mol.